The van der Waals surface area contributed by atoms with Crippen LogP contribution < -0.4 is 0 Å². The van der Waals surface area contributed by atoms with Crippen LogP contribution in [0.15, 0.2) is 297 Å². The molecule has 0 N–H and O–H groups in total. The molecule has 17 aromatic rings. The molecular weight excluding hydrogens is 1130 g/mol. The topological polar surface area (TPSA) is 40.6 Å². The fourth-order valence-electron chi connectivity index (χ4n) is 16.0. The molecule has 93 heavy (non-hydrogen) atoms. The summed E-state index contributed by atoms with van der Waals surface area (Å²) in [5.41, 5.74) is 30.3. The fourth-order valence-corrected chi connectivity index (χ4v) is 16.0. The molecule has 0 bridgehead atoms. The minimum Gasteiger partial charge on any atom is -0.309 e. The molecule has 0 atom stereocenters. The molecule has 0 radical (unpaired) electrons. The summed E-state index contributed by atoms with van der Waals surface area (Å²) in [6, 6.07) is 110. The van der Waals surface area contributed by atoms with Gasteiger partial charge < -0.3 is 13.7 Å². The van der Waals surface area contributed by atoms with Crippen LogP contribution in [0, 0.1) is 0 Å². The predicted octanol–water partition coefficient (Wildman–Crippen LogP) is 22.7. The van der Waals surface area contributed by atoms with Crippen LogP contribution in [0.1, 0.15) is 49.9 Å². The first-order valence-electron chi connectivity index (χ1n) is 32.4. The first kappa shape index (κ1) is 53.2. The lowest BCUT2D eigenvalue weighted by Crippen LogP contribution is -2.15. The highest BCUT2D eigenvalue weighted by molar-refractivity contribution is 6.14. The van der Waals surface area contributed by atoms with E-state index in [1.54, 1.807) is 0 Å². The molecule has 0 fully saturated rings. The number of nitrogens with zero attached hydrogens (tertiary/aromatic N) is 5. The summed E-state index contributed by atoms with van der Waals surface area (Å²) in [7, 11) is 0. The first-order chi connectivity index (χ1) is 45.6. The first-order valence-corrected chi connectivity index (χ1v) is 32.4. The molecule has 5 nitrogen and oxygen atoms in total. The Morgan fingerprint density at radius 1 is 0.226 bits per heavy atom. The Hall–Kier alpha value is -11.7. The predicted molar refractivity (Wildman–Crippen MR) is 387 cm³/mol. The van der Waals surface area contributed by atoms with Gasteiger partial charge in [-0.2, -0.15) is 0 Å². The molecule has 0 unspecified atom stereocenters. The highest BCUT2D eigenvalue weighted by Crippen LogP contribution is 2.52. The van der Waals surface area contributed by atoms with Crippen LogP contribution in [0.2, 0.25) is 0 Å². The van der Waals surface area contributed by atoms with Crippen molar-refractivity contribution in [3.63, 3.8) is 0 Å². The molecule has 0 aliphatic heterocycles. The van der Waals surface area contributed by atoms with Gasteiger partial charge in [0.15, 0.2) is 5.82 Å². The molecule has 0 saturated carbocycles. The largest absolute Gasteiger partial charge is 0.309 e. The van der Waals surface area contributed by atoms with Crippen molar-refractivity contribution in [2.45, 2.75) is 38.5 Å². The maximum Gasteiger partial charge on any atom is 0.160 e. The molecule has 0 amide bonds. The van der Waals surface area contributed by atoms with Crippen molar-refractivity contribution in [2.75, 3.05) is 0 Å². The SMILES string of the molecule is CC1(C)c2ccccc2-c2ccc(-n3c4ccccc4c4ccc(-c5ccc6c7ccc(-c8ccc9c%10ccccc%10n(-c%10ccc%11c(c%10)C(C)(C)c%10ccccc%10-%11)c9c8)cc7n(-c7ccc(-c8nc(-c9ccccc9)cc(-c9ccccc9)n8)cc7)c6c5)cc43)cc21. The van der Waals surface area contributed by atoms with E-state index < -0.39 is 0 Å². The van der Waals surface area contributed by atoms with Crippen molar-refractivity contribution >= 4 is 65.4 Å². The Labute approximate surface area is 539 Å². The van der Waals surface area contributed by atoms with E-state index in [-0.39, 0.29) is 10.8 Å². The lowest BCUT2D eigenvalue weighted by atomic mass is 9.82. The number of aromatic nitrogens is 5. The second kappa shape index (κ2) is 19.9. The molecule has 0 saturated heterocycles. The molecule has 438 valence electrons. The fraction of sp³-hybridized carbons (Fsp3) is 0.0682. The third-order valence-electron chi connectivity index (χ3n) is 20.7. The second-order valence-corrected chi connectivity index (χ2v) is 26.5. The Morgan fingerprint density at radius 2 is 0.548 bits per heavy atom. The molecule has 19 rings (SSSR count). The standard InChI is InChI=1S/C88H61N5/c1-87(2)74-27-15-11-23-64(74)66-45-39-62(51-76(66)87)92-80-29-17-13-25-68(80)70-41-33-59(49-84(70)92)57-35-43-72-73-44-36-58(60-34-42-71-69-26-14-18-30-81(69)93(85(71)50-60)63-40-46-67-65-24-12-16-28-75(65)88(3,4)77(67)52-63)48-83(73)91(82(72)47-57)61-37-31-56(32-38-61)86-89-78(54-19-7-5-8-20-54)53-79(90-86)55-21-9-6-10-22-55/h5-53H,1-4H3. The van der Waals surface area contributed by atoms with Crippen molar-refractivity contribution < 1.29 is 0 Å². The summed E-state index contributed by atoms with van der Waals surface area (Å²) in [4.78, 5) is 10.5. The number of rotatable bonds is 8. The second-order valence-electron chi connectivity index (χ2n) is 26.5. The minimum atomic E-state index is -0.127. The lowest BCUT2D eigenvalue weighted by Gasteiger charge is -2.22. The van der Waals surface area contributed by atoms with Gasteiger partial charge in [0, 0.05) is 76.9 Å². The van der Waals surface area contributed by atoms with E-state index in [9.17, 15) is 0 Å². The summed E-state index contributed by atoms with van der Waals surface area (Å²) >= 11 is 0. The van der Waals surface area contributed by atoms with Crippen molar-refractivity contribution in [1.82, 2.24) is 23.7 Å². The highest BCUT2D eigenvalue weighted by atomic mass is 15.0. The van der Waals surface area contributed by atoms with Crippen molar-refractivity contribution in [3.8, 4) is 95.5 Å². The maximum atomic E-state index is 5.24. The molecule has 0 spiro atoms. The van der Waals surface area contributed by atoms with Crippen LogP contribution in [-0.4, -0.2) is 23.7 Å². The third-order valence-corrected chi connectivity index (χ3v) is 20.7. The average Bonchev–Trinajstić information content (AvgIpc) is 1.59. The molecule has 5 heteroatoms. The van der Waals surface area contributed by atoms with Gasteiger partial charge in [-0.15, -0.1) is 0 Å². The van der Waals surface area contributed by atoms with E-state index in [0.717, 1.165) is 67.1 Å². The van der Waals surface area contributed by atoms with E-state index >= 15 is 0 Å². The minimum absolute atomic E-state index is 0.127. The molecule has 4 heterocycles. The zero-order valence-electron chi connectivity index (χ0n) is 52.0. The van der Waals surface area contributed by atoms with Gasteiger partial charge in [0.1, 0.15) is 0 Å². The number of hydrogen-bond donors (Lipinski definition) is 0. The van der Waals surface area contributed by atoms with Gasteiger partial charge >= 0.3 is 0 Å². The monoisotopic (exact) mass is 1190 g/mol. The van der Waals surface area contributed by atoms with E-state index in [4.69, 9.17) is 9.97 Å². The number of para-hydroxylation sites is 2. The van der Waals surface area contributed by atoms with Crippen LogP contribution in [-0.2, 0) is 10.8 Å². The zero-order valence-corrected chi connectivity index (χ0v) is 52.0. The molecular formula is C88H61N5. The number of benzene rings is 13. The van der Waals surface area contributed by atoms with Crippen LogP contribution in [0.4, 0.5) is 0 Å². The van der Waals surface area contributed by atoms with Crippen molar-refractivity contribution in [3.05, 3.63) is 320 Å². The molecule has 4 aromatic heterocycles. The summed E-state index contributed by atoms with van der Waals surface area (Å²) in [5.74, 6) is 0.677. The average molecular weight is 1190 g/mol. The van der Waals surface area contributed by atoms with Crippen molar-refractivity contribution in [1.29, 1.82) is 0 Å². The van der Waals surface area contributed by atoms with Crippen molar-refractivity contribution in [2.24, 2.45) is 0 Å². The third kappa shape index (κ3) is 7.99. The summed E-state index contributed by atoms with van der Waals surface area (Å²) in [6.07, 6.45) is 0. The van der Waals surface area contributed by atoms with E-state index in [1.165, 1.54) is 110 Å². The normalized spacial score (nSPS) is 13.5. The zero-order chi connectivity index (χ0) is 61.8. The van der Waals surface area contributed by atoms with Gasteiger partial charge in [-0.05, 0) is 158 Å². The summed E-state index contributed by atoms with van der Waals surface area (Å²) < 4.78 is 7.44. The van der Waals surface area contributed by atoms with Gasteiger partial charge in [-0.3, -0.25) is 0 Å². The quantitative estimate of drug-likeness (QED) is 0.152. The van der Waals surface area contributed by atoms with Gasteiger partial charge in [-0.1, -0.05) is 234 Å². The summed E-state index contributed by atoms with van der Waals surface area (Å²) in [5, 5.41) is 7.31. The van der Waals surface area contributed by atoms with E-state index in [2.05, 4.69) is 327 Å². The van der Waals surface area contributed by atoms with Gasteiger partial charge in [0.2, 0.25) is 0 Å². The van der Waals surface area contributed by atoms with Crippen LogP contribution >= 0.6 is 0 Å². The van der Waals surface area contributed by atoms with Gasteiger partial charge in [-0.25, -0.2) is 9.97 Å². The van der Waals surface area contributed by atoms with Crippen LogP contribution in [0.3, 0.4) is 0 Å². The Kier molecular flexibility index (Phi) is 11.4. The molecule has 13 aromatic carbocycles. The Balaban J connectivity index is 0.783. The maximum absolute atomic E-state index is 5.24. The van der Waals surface area contributed by atoms with E-state index in [1.807, 2.05) is 12.1 Å². The van der Waals surface area contributed by atoms with Crippen LogP contribution in [0.5, 0.6) is 0 Å². The Morgan fingerprint density at radius 3 is 0.968 bits per heavy atom. The Bertz CT molecular complexity index is 5640. The smallest absolute Gasteiger partial charge is 0.160 e. The molecule has 2 aliphatic rings. The lowest BCUT2D eigenvalue weighted by molar-refractivity contribution is 0.660. The summed E-state index contributed by atoms with van der Waals surface area (Å²) in [6.45, 7) is 9.47. The molecule has 2 aliphatic carbocycles. The van der Waals surface area contributed by atoms with Crippen LogP contribution in [0.25, 0.3) is 161 Å². The number of fused-ring (bicyclic) bond motifs is 15. The van der Waals surface area contributed by atoms with Gasteiger partial charge in [0.25, 0.3) is 0 Å². The highest BCUT2D eigenvalue weighted by Gasteiger charge is 2.37. The number of hydrogen-bond acceptors (Lipinski definition) is 2. The van der Waals surface area contributed by atoms with E-state index in [0.29, 0.717) is 5.82 Å². The van der Waals surface area contributed by atoms with Gasteiger partial charge in [0.05, 0.1) is 44.5 Å².